The molecule has 1 aromatic carbocycles. The monoisotopic (exact) mass is 246 g/mol. The average molecular weight is 247 g/mol. The van der Waals surface area contributed by atoms with Gasteiger partial charge in [-0.3, -0.25) is 14.9 Å². The van der Waals surface area contributed by atoms with Gasteiger partial charge in [0.05, 0.1) is 10.6 Å². The van der Waals surface area contributed by atoms with Crippen molar-refractivity contribution in [2.45, 2.75) is 6.42 Å². The van der Waals surface area contributed by atoms with E-state index in [-0.39, 0.29) is 23.7 Å². The van der Waals surface area contributed by atoms with Gasteiger partial charge in [-0.2, -0.15) is 0 Å². The van der Waals surface area contributed by atoms with E-state index in [0.717, 1.165) is 18.2 Å². The van der Waals surface area contributed by atoms with Crippen molar-refractivity contribution in [3.8, 4) is 0 Å². The lowest BCUT2D eigenvalue weighted by atomic mass is 10.2. The highest BCUT2D eigenvalue weighted by Gasteiger charge is 2.12. The first-order valence-electron chi connectivity index (χ1n) is 4.34. The van der Waals surface area contributed by atoms with Crippen molar-refractivity contribution >= 4 is 28.9 Å². The molecule has 1 aromatic rings. The first-order chi connectivity index (χ1) is 7.54. The van der Waals surface area contributed by atoms with Crippen LogP contribution in [0.2, 0.25) is 0 Å². The van der Waals surface area contributed by atoms with Gasteiger partial charge >= 0.3 is 0 Å². The summed E-state index contributed by atoms with van der Waals surface area (Å²) in [5, 5.41) is 12.6. The van der Waals surface area contributed by atoms with Crippen LogP contribution in [0.1, 0.15) is 6.42 Å². The number of carbonyl (C=O) groups is 1. The van der Waals surface area contributed by atoms with Gasteiger partial charge in [0.25, 0.3) is 5.69 Å². The minimum absolute atomic E-state index is 0.0175. The number of non-ortho nitro benzene ring substituents is 1. The number of nitro groups is 1. The third-order valence-corrected chi connectivity index (χ3v) is 1.95. The van der Waals surface area contributed by atoms with Gasteiger partial charge in [-0.05, 0) is 6.07 Å². The summed E-state index contributed by atoms with van der Waals surface area (Å²) in [6.07, 6.45) is 0.0175. The van der Waals surface area contributed by atoms with Crippen LogP contribution in [-0.4, -0.2) is 16.7 Å². The second-order valence-electron chi connectivity index (χ2n) is 2.91. The van der Waals surface area contributed by atoms with Crippen LogP contribution in [0.4, 0.5) is 15.8 Å². The van der Waals surface area contributed by atoms with Crippen molar-refractivity contribution in [3.05, 3.63) is 34.1 Å². The Morgan fingerprint density at radius 3 is 2.81 bits per heavy atom. The highest BCUT2D eigenvalue weighted by molar-refractivity contribution is 6.19. The Hall–Kier alpha value is -1.69. The number of carbonyl (C=O) groups excluding carboxylic acids is 1. The van der Waals surface area contributed by atoms with Crippen molar-refractivity contribution in [1.29, 1.82) is 0 Å². The van der Waals surface area contributed by atoms with E-state index in [4.69, 9.17) is 11.6 Å². The van der Waals surface area contributed by atoms with E-state index in [1.165, 1.54) is 0 Å². The van der Waals surface area contributed by atoms with Crippen LogP contribution in [-0.2, 0) is 4.79 Å². The predicted molar refractivity (Wildman–Crippen MR) is 57.0 cm³/mol. The summed E-state index contributed by atoms with van der Waals surface area (Å²) in [6.45, 7) is 0. The van der Waals surface area contributed by atoms with E-state index in [0.29, 0.717) is 0 Å². The van der Waals surface area contributed by atoms with Gasteiger partial charge in [0.15, 0.2) is 0 Å². The predicted octanol–water partition coefficient (Wildman–Crippen LogP) is 2.30. The summed E-state index contributed by atoms with van der Waals surface area (Å²) in [5.74, 6) is -1.12. The van der Waals surface area contributed by atoms with Gasteiger partial charge in [0.1, 0.15) is 5.82 Å². The SMILES string of the molecule is O=C(CCCl)Nc1cc([N+](=O)[O-])ccc1F. The summed E-state index contributed by atoms with van der Waals surface area (Å²) < 4.78 is 13.2. The molecule has 7 heteroatoms. The van der Waals surface area contributed by atoms with E-state index in [9.17, 15) is 19.3 Å². The summed E-state index contributed by atoms with van der Waals surface area (Å²) in [4.78, 5) is 20.9. The highest BCUT2D eigenvalue weighted by atomic mass is 35.5. The molecule has 0 saturated heterocycles. The standard InChI is InChI=1S/C9H8ClFN2O3/c10-4-3-9(14)12-8-5-6(13(15)16)1-2-7(8)11/h1-2,5H,3-4H2,(H,12,14). The first-order valence-corrected chi connectivity index (χ1v) is 4.88. The normalized spacial score (nSPS) is 9.88. The number of nitrogens with zero attached hydrogens (tertiary/aromatic N) is 1. The molecule has 0 atom stereocenters. The van der Waals surface area contributed by atoms with Gasteiger partial charge < -0.3 is 5.32 Å². The molecule has 16 heavy (non-hydrogen) atoms. The Kier molecular flexibility index (Phi) is 4.19. The molecule has 0 bridgehead atoms. The van der Waals surface area contributed by atoms with Crippen LogP contribution in [0.15, 0.2) is 18.2 Å². The van der Waals surface area contributed by atoms with E-state index in [2.05, 4.69) is 5.32 Å². The Bertz CT molecular complexity index is 425. The first kappa shape index (κ1) is 12.4. The van der Waals surface area contributed by atoms with Crippen molar-refractivity contribution in [2.24, 2.45) is 0 Å². The van der Waals surface area contributed by atoms with Crippen LogP contribution in [0.3, 0.4) is 0 Å². The fourth-order valence-electron chi connectivity index (χ4n) is 1.02. The molecule has 0 saturated carbocycles. The minimum atomic E-state index is -0.728. The maximum absolute atomic E-state index is 13.2. The summed E-state index contributed by atoms with van der Waals surface area (Å²) in [7, 11) is 0. The lowest BCUT2D eigenvalue weighted by molar-refractivity contribution is -0.384. The fraction of sp³-hybridized carbons (Fsp3) is 0.222. The molecule has 1 amide bonds. The highest BCUT2D eigenvalue weighted by Crippen LogP contribution is 2.21. The number of alkyl halides is 1. The zero-order chi connectivity index (χ0) is 12.1. The molecule has 1 N–H and O–H groups in total. The summed E-state index contributed by atoms with van der Waals surface area (Å²) >= 11 is 5.32. The number of nitro benzene ring substituents is 1. The van der Waals surface area contributed by atoms with Crippen molar-refractivity contribution in [3.63, 3.8) is 0 Å². The molecular weight excluding hydrogens is 239 g/mol. The lowest BCUT2D eigenvalue weighted by Crippen LogP contribution is -2.13. The Morgan fingerprint density at radius 1 is 1.56 bits per heavy atom. The molecule has 0 aliphatic rings. The van der Waals surface area contributed by atoms with Gasteiger partial charge in [-0.1, -0.05) is 0 Å². The van der Waals surface area contributed by atoms with E-state index in [1.54, 1.807) is 0 Å². The van der Waals surface area contributed by atoms with Gasteiger partial charge in [0.2, 0.25) is 5.91 Å². The molecular formula is C9H8ClFN2O3. The van der Waals surface area contributed by atoms with Crippen LogP contribution in [0, 0.1) is 15.9 Å². The van der Waals surface area contributed by atoms with Crippen molar-refractivity contribution in [1.82, 2.24) is 0 Å². The maximum atomic E-state index is 13.2. The maximum Gasteiger partial charge on any atom is 0.271 e. The number of benzene rings is 1. The number of halogens is 2. The van der Waals surface area contributed by atoms with Crippen LogP contribution in [0.5, 0.6) is 0 Å². The number of rotatable bonds is 4. The molecule has 0 aliphatic carbocycles. The van der Waals surface area contributed by atoms with E-state index in [1.807, 2.05) is 0 Å². The number of hydrogen-bond donors (Lipinski definition) is 1. The number of anilines is 1. The molecule has 0 unspecified atom stereocenters. The molecule has 0 spiro atoms. The van der Waals surface area contributed by atoms with Gasteiger partial charge in [0, 0.05) is 24.4 Å². The second-order valence-corrected chi connectivity index (χ2v) is 3.29. The van der Waals surface area contributed by atoms with Crippen molar-refractivity contribution in [2.75, 3.05) is 11.2 Å². The molecule has 0 fully saturated rings. The quantitative estimate of drug-likeness (QED) is 0.503. The number of amides is 1. The Labute approximate surface area is 95.4 Å². The van der Waals surface area contributed by atoms with Gasteiger partial charge in [-0.15, -0.1) is 11.6 Å². The topological polar surface area (TPSA) is 72.2 Å². The molecule has 0 radical (unpaired) electrons. The van der Waals surface area contributed by atoms with Crippen molar-refractivity contribution < 1.29 is 14.1 Å². The van der Waals surface area contributed by atoms with Gasteiger partial charge in [-0.25, -0.2) is 4.39 Å². The molecule has 0 heterocycles. The summed E-state index contributed by atoms with van der Waals surface area (Å²) in [5.41, 5.74) is -0.508. The molecule has 86 valence electrons. The fourth-order valence-corrected chi connectivity index (χ4v) is 1.19. The third-order valence-electron chi connectivity index (χ3n) is 1.76. The minimum Gasteiger partial charge on any atom is -0.323 e. The summed E-state index contributed by atoms with van der Waals surface area (Å²) in [6, 6.07) is 2.91. The third kappa shape index (κ3) is 3.16. The molecule has 5 nitrogen and oxygen atoms in total. The Morgan fingerprint density at radius 2 is 2.25 bits per heavy atom. The molecule has 0 aromatic heterocycles. The van der Waals surface area contributed by atoms with E-state index >= 15 is 0 Å². The largest absolute Gasteiger partial charge is 0.323 e. The van der Waals surface area contributed by atoms with Crippen LogP contribution in [0.25, 0.3) is 0 Å². The lowest BCUT2D eigenvalue weighted by Gasteiger charge is -2.04. The van der Waals surface area contributed by atoms with Crippen LogP contribution >= 0.6 is 11.6 Å². The zero-order valence-corrected chi connectivity index (χ0v) is 8.83. The Balaban J connectivity index is 2.90. The average Bonchev–Trinajstić information content (AvgIpc) is 2.21. The molecule has 0 aliphatic heterocycles. The van der Waals surface area contributed by atoms with Crippen LogP contribution < -0.4 is 5.32 Å². The second kappa shape index (κ2) is 5.41. The molecule has 1 rings (SSSR count). The number of hydrogen-bond acceptors (Lipinski definition) is 3. The van der Waals surface area contributed by atoms with E-state index < -0.39 is 16.6 Å². The smallest absolute Gasteiger partial charge is 0.271 e. The zero-order valence-electron chi connectivity index (χ0n) is 8.07. The number of nitrogens with one attached hydrogen (secondary N) is 1.